The van der Waals surface area contributed by atoms with Gasteiger partial charge in [0, 0.05) is 18.2 Å². The normalized spacial score (nSPS) is 11.2. The number of aliphatic carboxylic acids is 1. The van der Waals surface area contributed by atoms with Crippen LogP contribution in [0.4, 0.5) is 18.9 Å². The van der Waals surface area contributed by atoms with Gasteiger partial charge in [-0.15, -0.1) is 11.3 Å². The first kappa shape index (κ1) is 27.6. The van der Waals surface area contributed by atoms with Gasteiger partial charge in [-0.1, -0.05) is 24.3 Å². The number of thiazole rings is 1. The van der Waals surface area contributed by atoms with Gasteiger partial charge in [0.05, 0.1) is 16.1 Å². The molecule has 0 saturated carbocycles. The molecule has 0 atom stereocenters. The van der Waals surface area contributed by atoms with Crippen molar-refractivity contribution in [3.05, 3.63) is 82.9 Å². The maximum absolute atomic E-state index is 13.1. The number of benzene rings is 3. The number of carboxylic acids is 1. The number of aryl methyl sites for hydroxylation is 1. The van der Waals surface area contributed by atoms with E-state index in [2.05, 4.69) is 5.32 Å². The number of hydrogen-bond donors (Lipinski definition) is 2. The number of alkyl halides is 3. The number of carboxylic acid groups (broad SMARTS) is 1. The number of aromatic nitrogens is 1. The fourth-order valence-electron chi connectivity index (χ4n) is 3.70. The van der Waals surface area contributed by atoms with Gasteiger partial charge < -0.3 is 19.9 Å². The Morgan fingerprint density at radius 3 is 2.23 bits per heavy atom. The second kappa shape index (κ2) is 11.6. The molecule has 1 heterocycles. The van der Waals surface area contributed by atoms with Crippen molar-refractivity contribution in [1.82, 2.24) is 4.98 Å². The summed E-state index contributed by atoms with van der Waals surface area (Å²) in [6.07, 6.45) is -4.44. The van der Waals surface area contributed by atoms with Crippen molar-refractivity contribution in [2.24, 2.45) is 0 Å². The molecule has 3 aromatic carbocycles. The second-order valence-electron chi connectivity index (χ2n) is 8.52. The Balaban J connectivity index is 1.61. The fourth-order valence-corrected chi connectivity index (χ4v) is 4.71. The van der Waals surface area contributed by atoms with E-state index in [0.29, 0.717) is 43.9 Å². The van der Waals surface area contributed by atoms with Gasteiger partial charge in [-0.3, -0.25) is 4.79 Å². The monoisotopic (exact) mass is 556 g/mol. The Labute approximate surface area is 225 Å². The van der Waals surface area contributed by atoms with Crippen LogP contribution in [0.5, 0.6) is 11.5 Å². The van der Waals surface area contributed by atoms with Gasteiger partial charge in [0.2, 0.25) is 5.91 Å². The third kappa shape index (κ3) is 7.14. The first-order valence-electron chi connectivity index (χ1n) is 11.6. The highest BCUT2D eigenvalue weighted by Crippen LogP contribution is 2.39. The zero-order chi connectivity index (χ0) is 28.2. The molecule has 0 aliphatic heterocycles. The average molecular weight is 557 g/mol. The summed E-state index contributed by atoms with van der Waals surface area (Å²) in [7, 11) is 0. The summed E-state index contributed by atoms with van der Waals surface area (Å²) >= 11 is 1.30. The number of nitrogens with one attached hydrogen (secondary N) is 1. The number of rotatable bonds is 9. The highest BCUT2D eigenvalue weighted by molar-refractivity contribution is 7.15. The molecule has 202 valence electrons. The minimum Gasteiger partial charge on any atom is -0.486 e. The van der Waals surface area contributed by atoms with Gasteiger partial charge >= 0.3 is 12.1 Å². The molecular formula is C28H23F3N2O5S. The van der Waals surface area contributed by atoms with Crippen molar-refractivity contribution in [2.75, 3.05) is 11.9 Å². The van der Waals surface area contributed by atoms with Crippen LogP contribution in [0.1, 0.15) is 23.1 Å². The van der Waals surface area contributed by atoms with Gasteiger partial charge in [0.25, 0.3) is 0 Å². The Morgan fingerprint density at radius 2 is 1.64 bits per heavy atom. The molecule has 0 unspecified atom stereocenters. The van der Waals surface area contributed by atoms with E-state index in [9.17, 15) is 22.8 Å². The quantitative estimate of drug-likeness (QED) is 0.235. The minimum absolute atomic E-state index is 0.0943. The lowest BCUT2D eigenvalue weighted by Gasteiger charge is -2.09. The lowest BCUT2D eigenvalue weighted by Crippen LogP contribution is -2.10. The van der Waals surface area contributed by atoms with Crippen LogP contribution in [0, 0.1) is 6.92 Å². The van der Waals surface area contributed by atoms with Crippen LogP contribution < -0.4 is 14.8 Å². The van der Waals surface area contributed by atoms with Crippen LogP contribution in [0.2, 0.25) is 0 Å². The molecule has 4 aromatic rings. The SMILES string of the molecule is CC(=O)Nc1ccc(-c2nc(COc3ccc(OCC(=O)O)c(C)c3)sc2-c2ccc(C(F)(F)F)cc2)cc1. The van der Waals surface area contributed by atoms with Crippen molar-refractivity contribution < 1.29 is 37.3 Å². The van der Waals surface area contributed by atoms with E-state index in [-0.39, 0.29) is 12.5 Å². The van der Waals surface area contributed by atoms with Crippen molar-refractivity contribution in [2.45, 2.75) is 26.6 Å². The van der Waals surface area contributed by atoms with Crippen LogP contribution in [0.15, 0.2) is 66.7 Å². The largest absolute Gasteiger partial charge is 0.486 e. The molecule has 7 nitrogen and oxygen atoms in total. The highest BCUT2D eigenvalue weighted by Gasteiger charge is 2.30. The zero-order valence-corrected chi connectivity index (χ0v) is 21.7. The topological polar surface area (TPSA) is 97.8 Å². The maximum Gasteiger partial charge on any atom is 0.416 e. The highest BCUT2D eigenvalue weighted by atomic mass is 32.1. The number of ether oxygens (including phenoxy) is 2. The van der Waals surface area contributed by atoms with Crippen molar-refractivity contribution >= 4 is 28.9 Å². The van der Waals surface area contributed by atoms with Crippen LogP contribution in [-0.2, 0) is 22.4 Å². The predicted molar refractivity (Wildman–Crippen MR) is 141 cm³/mol. The molecule has 0 fully saturated rings. The van der Waals surface area contributed by atoms with Gasteiger partial charge in [-0.2, -0.15) is 13.2 Å². The molecule has 1 amide bonds. The lowest BCUT2D eigenvalue weighted by atomic mass is 10.0. The Morgan fingerprint density at radius 1 is 0.974 bits per heavy atom. The van der Waals surface area contributed by atoms with Crippen LogP contribution in [0.3, 0.4) is 0 Å². The van der Waals surface area contributed by atoms with Gasteiger partial charge in [-0.05, 0) is 60.5 Å². The molecule has 0 aliphatic rings. The van der Waals surface area contributed by atoms with E-state index in [1.807, 2.05) is 0 Å². The average Bonchev–Trinajstić information content (AvgIpc) is 3.31. The van der Waals surface area contributed by atoms with E-state index in [0.717, 1.165) is 17.7 Å². The minimum atomic E-state index is -4.44. The number of halogens is 3. The summed E-state index contributed by atoms with van der Waals surface area (Å²) in [5.41, 5.74) is 2.42. The Bertz CT molecular complexity index is 1480. The number of carbonyl (C=O) groups excluding carboxylic acids is 1. The molecule has 0 radical (unpaired) electrons. The molecule has 0 bridgehead atoms. The van der Waals surface area contributed by atoms with Crippen molar-refractivity contribution in [3.8, 4) is 33.2 Å². The molecule has 0 saturated heterocycles. The third-order valence-electron chi connectivity index (χ3n) is 5.48. The summed E-state index contributed by atoms with van der Waals surface area (Å²) in [6.45, 7) is 2.80. The molecular weight excluding hydrogens is 533 g/mol. The molecule has 39 heavy (non-hydrogen) atoms. The summed E-state index contributed by atoms with van der Waals surface area (Å²) < 4.78 is 50.4. The lowest BCUT2D eigenvalue weighted by molar-refractivity contribution is -0.139. The van der Waals surface area contributed by atoms with Crippen molar-refractivity contribution in [3.63, 3.8) is 0 Å². The number of carbonyl (C=O) groups is 2. The predicted octanol–water partition coefficient (Wildman–Crippen LogP) is 6.81. The molecule has 2 N–H and O–H groups in total. The van der Waals surface area contributed by atoms with E-state index in [1.54, 1.807) is 49.4 Å². The van der Waals surface area contributed by atoms with Crippen LogP contribution in [-0.4, -0.2) is 28.6 Å². The summed E-state index contributed by atoms with van der Waals surface area (Å²) in [6, 6.07) is 16.9. The number of amides is 1. The molecule has 0 spiro atoms. The van der Waals surface area contributed by atoms with E-state index in [4.69, 9.17) is 19.6 Å². The summed E-state index contributed by atoms with van der Waals surface area (Å²) in [5, 5.41) is 12.1. The van der Waals surface area contributed by atoms with E-state index in [1.165, 1.54) is 30.4 Å². The summed E-state index contributed by atoms with van der Waals surface area (Å²) in [5.74, 6) is -0.350. The van der Waals surface area contributed by atoms with Crippen LogP contribution in [0.25, 0.3) is 21.7 Å². The fraction of sp³-hybridized carbons (Fsp3) is 0.179. The number of anilines is 1. The number of hydrogen-bond acceptors (Lipinski definition) is 6. The molecule has 11 heteroatoms. The van der Waals surface area contributed by atoms with E-state index < -0.39 is 24.3 Å². The Kier molecular flexibility index (Phi) is 8.20. The molecule has 4 rings (SSSR count). The Hall–Kier alpha value is -4.38. The van der Waals surface area contributed by atoms with Gasteiger partial charge in [0.1, 0.15) is 23.1 Å². The zero-order valence-electron chi connectivity index (χ0n) is 20.8. The molecule has 1 aromatic heterocycles. The number of nitrogens with zero attached hydrogens (tertiary/aromatic N) is 1. The summed E-state index contributed by atoms with van der Waals surface area (Å²) in [4.78, 5) is 27.5. The molecule has 0 aliphatic carbocycles. The smallest absolute Gasteiger partial charge is 0.416 e. The standard InChI is InChI=1S/C28H23F3N2O5S/c1-16-13-22(11-12-23(16)38-15-25(35)36)37-14-24-33-26(18-5-9-21(10-6-18)32-17(2)34)27(39-24)19-3-7-20(8-4-19)28(29,30)31/h3-13H,14-15H2,1-2H3,(H,32,34)(H,35,36). The van der Waals surface area contributed by atoms with Gasteiger partial charge in [0.15, 0.2) is 6.61 Å². The first-order chi connectivity index (χ1) is 18.5. The first-order valence-corrected chi connectivity index (χ1v) is 12.4. The van der Waals surface area contributed by atoms with Crippen molar-refractivity contribution in [1.29, 1.82) is 0 Å². The van der Waals surface area contributed by atoms with Crippen LogP contribution >= 0.6 is 11.3 Å². The van der Waals surface area contributed by atoms with Gasteiger partial charge in [-0.25, -0.2) is 9.78 Å². The second-order valence-corrected chi connectivity index (χ2v) is 9.60. The van der Waals surface area contributed by atoms with E-state index >= 15 is 0 Å². The maximum atomic E-state index is 13.1. The third-order valence-corrected chi connectivity index (χ3v) is 6.56.